The lowest BCUT2D eigenvalue weighted by Gasteiger charge is -2.41. The van der Waals surface area contributed by atoms with Crippen LogP contribution in [0.1, 0.15) is 36.8 Å². The molecular weight excluding hydrogens is 264 g/mol. The van der Waals surface area contributed by atoms with Gasteiger partial charge >= 0.3 is 0 Å². The van der Waals surface area contributed by atoms with Crippen LogP contribution >= 0.6 is 0 Å². The minimum absolute atomic E-state index is 0.474. The summed E-state index contributed by atoms with van der Waals surface area (Å²) >= 11 is 0. The van der Waals surface area contributed by atoms with E-state index in [0.29, 0.717) is 5.41 Å². The van der Waals surface area contributed by atoms with Gasteiger partial charge in [0.05, 0.1) is 0 Å². The Kier molecular flexibility index (Phi) is 2.65. The Bertz CT molecular complexity index is 740. The van der Waals surface area contributed by atoms with Gasteiger partial charge in [-0.1, -0.05) is 60.7 Å². The van der Waals surface area contributed by atoms with Gasteiger partial charge in [-0.15, -0.1) is 0 Å². The van der Waals surface area contributed by atoms with E-state index in [4.69, 9.17) is 0 Å². The van der Waals surface area contributed by atoms with Gasteiger partial charge in [0.2, 0.25) is 0 Å². The van der Waals surface area contributed by atoms with Crippen molar-refractivity contribution in [1.82, 2.24) is 0 Å². The van der Waals surface area contributed by atoms with Gasteiger partial charge in [0.15, 0.2) is 0 Å². The van der Waals surface area contributed by atoms with E-state index in [9.17, 15) is 0 Å². The van der Waals surface area contributed by atoms with Crippen molar-refractivity contribution in [2.24, 2.45) is 11.8 Å². The molecule has 22 heavy (non-hydrogen) atoms. The normalized spacial score (nSPS) is 31.6. The van der Waals surface area contributed by atoms with E-state index in [1.54, 1.807) is 11.1 Å². The number of allylic oxidation sites excluding steroid dienone is 2. The van der Waals surface area contributed by atoms with E-state index in [0.717, 1.165) is 11.8 Å². The highest BCUT2D eigenvalue weighted by molar-refractivity contribution is 5.65. The van der Waals surface area contributed by atoms with Gasteiger partial charge in [0.1, 0.15) is 0 Å². The maximum atomic E-state index is 2.52. The summed E-state index contributed by atoms with van der Waals surface area (Å²) in [5.74, 6) is 1.66. The number of hydrogen-bond donors (Lipinski definition) is 0. The van der Waals surface area contributed by atoms with Crippen LogP contribution in [0, 0.1) is 11.8 Å². The molecule has 0 saturated heterocycles. The lowest BCUT2D eigenvalue weighted by atomic mass is 9.63. The molecular formula is C22H22. The molecule has 2 aromatic carbocycles. The molecule has 2 aromatic rings. The SMILES string of the molecule is C1=CC2CC1CC21CCCc2cc(-c3ccccc3)ccc21. The van der Waals surface area contributed by atoms with Crippen molar-refractivity contribution in [1.29, 1.82) is 0 Å². The van der Waals surface area contributed by atoms with Gasteiger partial charge in [0.25, 0.3) is 0 Å². The molecule has 1 spiro atoms. The molecule has 110 valence electrons. The summed E-state index contributed by atoms with van der Waals surface area (Å²) in [5.41, 5.74) is 6.50. The van der Waals surface area contributed by atoms with Crippen LogP contribution in [-0.4, -0.2) is 0 Å². The molecule has 0 heteroatoms. The first-order valence-electron chi connectivity index (χ1n) is 8.72. The average molecular weight is 286 g/mol. The molecule has 1 saturated carbocycles. The zero-order valence-corrected chi connectivity index (χ0v) is 13.0. The summed E-state index contributed by atoms with van der Waals surface area (Å²) < 4.78 is 0. The summed E-state index contributed by atoms with van der Waals surface area (Å²) in [4.78, 5) is 0. The highest BCUT2D eigenvalue weighted by Crippen LogP contribution is 2.58. The van der Waals surface area contributed by atoms with E-state index in [1.165, 1.54) is 43.2 Å². The molecule has 1 fully saturated rings. The Hall–Kier alpha value is -1.82. The molecule has 3 atom stereocenters. The molecule has 0 nitrogen and oxygen atoms in total. The molecule has 3 aliphatic carbocycles. The smallest absolute Gasteiger partial charge is 0.00243 e. The first-order valence-corrected chi connectivity index (χ1v) is 8.72. The van der Waals surface area contributed by atoms with Crippen molar-refractivity contribution in [3.05, 3.63) is 71.8 Å². The van der Waals surface area contributed by atoms with Gasteiger partial charge in [-0.2, -0.15) is 0 Å². The lowest BCUT2D eigenvalue weighted by molar-refractivity contribution is 0.303. The summed E-state index contributed by atoms with van der Waals surface area (Å²) in [6.07, 6.45) is 11.8. The van der Waals surface area contributed by atoms with Crippen LogP contribution < -0.4 is 0 Å². The molecule has 0 amide bonds. The van der Waals surface area contributed by atoms with Gasteiger partial charge in [-0.3, -0.25) is 0 Å². The molecule has 0 aliphatic heterocycles. The number of hydrogen-bond acceptors (Lipinski definition) is 0. The summed E-state index contributed by atoms with van der Waals surface area (Å²) in [6.45, 7) is 0. The van der Waals surface area contributed by atoms with Crippen molar-refractivity contribution in [2.75, 3.05) is 0 Å². The van der Waals surface area contributed by atoms with Gasteiger partial charge in [0, 0.05) is 5.41 Å². The molecule has 5 rings (SSSR count). The van der Waals surface area contributed by atoms with Crippen LogP contribution in [0.3, 0.4) is 0 Å². The van der Waals surface area contributed by atoms with Crippen molar-refractivity contribution >= 4 is 0 Å². The fourth-order valence-corrected chi connectivity index (χ4v) is 5.38. The van der Waals surface area contributed by atoms with E-state index in [-0.39, 0.29) is 0 Å². The molecule has 0 radical (unpaired) electrons. The Morgan fingerprint density at radius 2 is 1.82 bits per heavy atom. The maximum absolute atomic E-state index is 2.52. The average Bonchev–Trinajstić information content (AvgIpc) is 3.17. The summed E-state index contributed by atoms with van der Waals surface area (Å²) in [6, 6.07) is 18.1. The van der Waals surface area contributed by atoms with Crippen molar-refractivity contribution in [3.63, 3.8) is 0 Å². The van der Waals surface area contributed by atoms with Gasteiger partial charge < -0.3 is 0 Å². The van der Waals surface area contributed by atoms with Crippen molar-refractivity contribution < 1.29 is 0 Å². The Morgan fingerprint density at radius 1 is 0.909 bits per heavy atom. The van der Waals surface area contributed by atoms with Crippen molar-refractivity contribution in [2.45, 2.75) is 37.5 Å². The molecule has 2 bridgehead atoms. The quantitative estimate of drug-likeness (QED) is 0.605. The third kappa shape index (κ3) is 1.70. The van der Waals surface area contributed by atoms with Crippen LogP contribution in [0.2, 0.25) is 0 Å². The van der Waals surface area contributed by atoms with E-state index < -0.39 is 0 Å². The standard InChI is InChI=1S/C22H22/c1-2-5-17(6-3-1)18-9-11-21-19(14-18)7-4-12-22(21)15-16-8-10-20(22)13-16/h1-3,5-6,8-11,14,16,20H,4,7,12-13,15H2. The zero-order chi connectivity index (χ0) is 14.6. The second-order valence-corrected chi connectivity index (χ2v) is 7.44. The zero-order valence-electron chi connectivity index (χ0n) is 13.0. The topological polar surface area (TPSA) is 0 Å². The second-order valence-electron chi connectivity index (χ2n) is 7.44. The predicted octanol–water partition coefficient (Wildman–Crippen LogP) is 5.52. The van der Waals surface area contributed by atoms with E-state index in [2.05, 4.69) is 60.7 Å². The van der Waals surface area contributed by atoms with E-state index in [1.807, 2.05) is 0 Å². The van der Waals surface area contributed by atoms with Gasteiger partial charge in [-0.05, 0) is 66.2 Å². The van der Waals surface area contributed by atoms with Crippen LogP contribution in [0.25, 0.3) is 11.1 Å². The number of aryl methyl sites for hydroxylation is 1. The van der Waals surface area contributed by atoms with Crippen LogP contribution in [-0.2, 0) is 11.8 Å². The van der Waals surface area contributed by atoms with Gasteiger partial charge in [-0.25, -0.2) is 0 Å². The van der Waals surface area contributed by atoms with Crippen molar-refractivity contribution in [3.8, 4) is 11.1 Å². The molecule has 3 aliphatic rings. The number of rotatable bonds is 1. The van der Waals surface area contributed by atoms with E-state index >= 15 is 0 Å². The fourth-order valence-electron chi connectivity index (χ4n) is 5.38. The fraction of sp³-hybridized carbons (Fsp3) is 0.364. The summed E-state index contributed by atoms with van der Waals surface area (Å²) in [5, 5.41) is 0. The Morgan fingerprint density at radius 3 is 2.59 bits per heavy atom. The molecule has 0 N–H and O–H groups in total. The Labute approximate surface area is 132 Å². The minimum Gasteiger partial charge on any atom is -0.0851 e. The van der Waals surface area contributed by atoms with Crippen LogP contribution in [0.15, 0.2) is 60.7 Å². The number of fused-ring (bicyclic) bond motifs is 5. The number of benzene rings is 2. The van der Waals surface area contributed by atoms with Crippen LogP contribution in [0.5, 0.6) is 0 Å². The molecule has 0 heterocycles. The monoisotopic (exact) mass is 286 g/mol. The largest absolute Gasteiger partial charge is 0.0851 e. The van der Waals surface area contributed by atoms with Crippen LogP contribution in [0.4, 0.5) is 0 Å². The first-order chi connectivity index (χ1) is 10.9. The highest BCUT2D eigenvalue weighted by atomic mass is 14.5. The maximum Gasteiger partial charge on any atom is 0.00243 e. The molecule has 3 unspecified atom stereocenters. The third-order valence-electron chi connectivity index (χ3n) is 6.33. The summed E-state index contributed by atoms with van der Waals surface area (Å²) in [7, 11) is 0. The minimum atomic E-state index is 0.474. The highest BCUT2D eigenvalue weighted by Gasteiger charge is 2.50. The lowest BCUT2D eigenvalue weighted by Crippen LogP contribution is -2.34. The first kappa shape index (κ1) is 12.7. The second kappa shape index (κ2) is 4.59. The Balaban J connectivity index is 1.61. The molecule has 0 aromatic heterocycles. The third-order valence-corrected chi connectivity index (χ3v) is 6.33. The predicted molar refractivity (Wildman–Crippen MR) is 91.8 cm³/mol.